The largest absolute Gasteiger partial charge is 0.442 e. The number of aromatic nitrogens is 2. The molecular weight excluding hydrogens is 341 g/mol. The molecule has 1 atom stereocenters. The summed E-state index contributed by atoms with van der Waals surface area (Å²) < 4.78 is 21.3. The van der Waals surface area contributed by atoms with Crippen molar-refractivity contribution < 1.29 is 13.9 Å². The van der Waals surface area contributed by atoms with E-state index in [1.54, 1.807) is 42.3 Å². The number of nitriles is 1. The van der Waals surface area contributed by atoms with Crippen LogP contribution in [0.4, 0.5) is 14.9 Å². The molecule has 10 heteroatoms. The third-order valence-corrected chi connectivity index (χ3v) is 3.88. The number of anilines is 1. The molecule has 2 heterocycles. The molecule has 1 saturated heterocycles. The number of amides is 1. The second-order valence-electron chi connectivity index (χ2n) is 5.58. The van der Waals surface area contributed by atoms with E-state index in [1.165, 1.54) is 11.0 Å². The van der Waals surface area contributed by atoms with Gasteiger partial charge in [-0.25, -0.2) is 14.2 Å². The molecule has 1 aromatic carbocycles. The summed E-state index contributed by atoms with van der Waals surface area (Å²) in [5.41, 5.74) is 6.84. The molecule has 1 aliphatic heterocycles. The zero-order valence-electron chi connectivity index (χ0n) is 13.9. The molecule has 0 spiro atoms. The number of carbonyl (C=O) groups is 1. The quantitative estimate of drug-likeness (QED) is 0.363. The van der Waals surface area contributed by atoms with Crippen molar-refractivity contribution >= 4 is 17.7 Å². The highest BCUT2D eigenvalue weighted by molar-refractivity contribution is 5.90. The minimum absolute atomic E-state index is 0.0615. The van der Waals surface area contributed by atoms with Crippen LogP contribution in [0.2, 0.25) is 0 Å². The average molecular weight is 357 g/mol. The fourth-order valence-electron chi connectivity index (χ4n) is 2.64. The van der Waals surface area contributed by atoms with Gasteiger partial charge in [0.2, 0.25) is 5.96 Å². The maximum Gasteiger partial charge on any atom is 0.414 e. The van der Waals surface area contributed by atoms with Crippen LogP contribution < -0.4 is 16.0 Å². The lowest BCUT2D eigenvalue weighted by Gasteiger charge is -2.14. The molecule has 26 heavy (non-hydrogen) atoms. The Morgan fingerprint density at radius 2 is 2.38 bits per heavy atom. The van der Waals surface area contributed by atoms with Crippen LogP contribution in [-0.4, -0.2) is 41.0 Å². The molecular formula is C16H16FN7O2. The number of aliphatic imine (C=N–C) groups is 1. The monoisotopic (exact) mass is 357 g/mol. The first-order valence-electron chi connectivity index (χ1n) is 7.70. The maximum absolute atomic E-state index is 14.5. The predicted molar refractivity (Wildman–Crippen MR) is 91.5 cm³/mol. The van der Waals surface area contributed by atoms with Gasteiger partial charge in [-0.1, -0.05) is 0 Å². The van der Waals surface area contributed by atoms with Gasteiger partial charge in [-0.3, -0.25) is 14.9 Å². The minimum Gasteiger partial charge on any atom is -0.442 e. The Kier molecular flexibility index (Phi) is 4.70. The van der Waals surface area contributed by atoms with E-state index >= 15 is 0 Å². The Hall–Kier alpha value is -3.61. The first-order chi connectivity index (χ1) is 12.5. The van der Waals surface area contributed by atoms with E-state index in [-0.39, 0.29) is 19.0 Å². The Bertz CT molecular complexity index is 902. The van der Waals surface area contributed by atoms with Gasteiger partial charge < -0.3 is 10.5 Å². The van der Waals surface area contributed by atoms with Crippen LogP contribution >= 0.6 is 0 Å². The Morgan fingerprint density at radius 3 is 3.04 bits per heavy atom. The fourth-order valence-corrected chi connectivity index (χ4v) is 2.64. The molecule has 2 aromatic rings. The summed E-state index contributed by atoms with van der Waals surface area (Å²) in [6.45, 7) is 0.297. The van der Waals surface area contributed by atoms with Gasteiger partial charge in [-0.15, -0.1) is 0 Å². The van der Waals surface area contributed by atoms with Crippen molar-refractivity contribution in [1.29, 1.82) is 5.26 Å². The van der Waals surface area contributed by atoms with E-state index < -0.39 is 18.0 Å². The number of nitrogens with one attached hydrogen (secondary N) is 1. The number of hydrogen-bond acceptors (Lipinski definition) is 5. The maximum atomic E-state index is 14.5. The molecule has 1 fully saturated rings. The Labute approximate surface area is 148 Å². The number of guanidine groups is 1. The van der Waals surface area contributed by atoms with Crippen LogP contribution in [0, 0.1) is 17.3 Å². The molecule has 0 saturated carbocycles. The summed E-state index contributed by atoms with van der Waals surface area (Å²) in [6.07, 6.45) is 2.09. The molecule has 0 unspecified atom stereocenters. The highest BCUT2D eigenvalue weighted by Crippen LogP contribution is 2.28. The smallest absolute Gasteiger partial charge is 0.414 e. The van der Waals surface area contributed by atoms with Gasteiger partial charge in [-0.2, -0.15) is 10.4 Å². The van der Waals surface area contributed by atoms with Gasteiger partial charge in [0.05, 0.1) is 24.5 Å². The summed E-state index contributed by atoms with van der Waals surface area (Å²) in [4.78, 5) is 17.3. The van der Waals surface area contributed by atoms with Crippen LogP contribution in [0.25, 0.3) is 11.3 Å². The standard InChI is InChI=1S/C16H16FN7O2/c1-23-14(4-5-22-23)12-3-2-10(6-13(12)17)24-8-11(26-16(24)25)7-20-15(19)21-9-18/h2-6,11H,7-8H2,1H3,(H3,19,20,21)/t11-/m0/s1. The first kappa shape index (κ1) is 17.2. The molecule has 3 N–H and O–H groups in total. The summed E-state index contributed by atoms with van der Waals surface area (Å²) in [5, 5.41) is 14.6. The summed E-state index contributed by atoms with van der Waals surface area (Å²) in [5.74, 6) is -0.531. The van der Waals surface area contributed by atoms with E-state index in [9.17, 15) is 9.18 Å². The lowest BCUT2D eigenvalue weighted by molar-refractivity contribution is 0.145. The topological polar surface area (TPSA) is 122 Å². The van der Waals surface area contributed by atoms with Crippen LogP contribution in [-0.2, 0) is 11.8 Å². The van der Waals surface area contributed by atoms with Crippen molar-refractivity contribution in [2.24, 2.45) is 17.8 Å². The average Bonchev–Trinajstić information content (AvgIpc) is 3.19. The lowest BCUT2D eigenvalue weighted by Crippen LogP contribution is -2.30. The SMILES string of the molecule is Cn1nccc1-c1ccc(N2C[C@H](CN=C(N)NC#N)OC2=O)cc1F. The predicted octanol–water partition coefficient (Wildman–Crippen LogP) is 0.937. The molecule has 9 nitrogen and oxygen atoms in total. The Balaban J connectivity index is 1.74. The number of carbonyl (C=O) groups excluding carboxylic acids is 1. The number of ether oxygens (including phenoxy) is 1. The van der Waals surface area contributed by atoms with E-state index in [0.29, 0.717) is 16.9 Å². The fraction of sp³-hybridized carbons (Fsp3) is 0.250. The second kappa shape index (κ2) is 7.10. The Morgan fingerprint density at radius 1 is 1.58 bits per heavy atom. The first-order valence-corrected chi connectivity index (χ1v) is 7.70. The third kappa shape index (κ3) is 3.41. The van der Waals surface area contributed by atoms with Crippen LogP contribution in [0.5, 0.6) is 0 Å². The number of aryl methyl sites for hydroxylation is 1. The van der Waals surface area contributed by atoms with Gasteiger partial charge in [0.25, 0.3) is 0 Å². The molecule has 134 valence electrons. The van der Waals surface area contributed by atoms with Crippen molar-refractivity contribution in [1.82, 2.24) is 15.1 Å². The normalized spacial score (nSPS) is 17.1. The molecule has 0 bridgehead atoms. The third-order valence-electron chi connectivity index (χ3n) is 3.88. The zero-order chi connectivity index (χ0) is 18.7. The molecule has 0 radical (unpaired) electrons. The van der Waals surface area contributed by atoms with E-state index in [0.717, 1.165) is 0 Å². The highest BCUT2D eigenvalue weighted by atomic mass is 19.1. The van der Waals surface area contributed by atoms with Gasteiger partial charge in [0.15, 0.2) is 6.19 Å². The van der Waals surface area contributed by atoms with Crippen molar-refractivity contribution in [3.05, 3.63) is 36.3 Å². The number of nitrogens with two attached hydrogens (primary N) is 1. The number of rotatable bonds is 4. The van der Waals surface area contributed by atoms with Gasteiger partial charge >= 0.3 is 6.09 Å². The van der Waals surface area contributed by atoms with Crippen molar-refractivity contribution in [2.45, 2.75) is 6.10 Å². The molecule has 0 aliphatic carbocycles. The minimum atomic E-state index is -0.593. The van der Waals surface area contributed by atoms with E-state index in [1.807, 2.05) is 0 Å². The summed E-state index contributed by atoms with van der Waals surface area (Å²) >= 11 is 0. The van der Waals surface area contributed by atoms with Gasteiger partial charge in [0, 0.05) is 18.8 Å². The van der Waals surface area contributed by atoms with Crippen molar-refractivity contribution in [2.75, 3.05) is 18.0 Å². The van der Waals surface area contributed by atoms with Crippen LogP contribution in [0.1, 0.15) is 0 Å². The van der Waals surface area contributed by atoms with Crippen LogP contribution in [0.15, 0.2) is 35.5 Å². The lowest BCUT2D eigenvalue weighted by atomic mass is 10.1. The molecule has 3 rings (SSSR count). The van der Waals surface area contributed by atoms with E-state index in [2.05, 4.69) is 15.4 Å². The van der Waals surface area contributed by atoms with Crippen LogP contribution in [0.3, 0.4) is 0 Å². The molecule has 1 aromatic heterocycles. The van der Waals surface area contributed by atoms with Crippen molar-refractivity contribution in [3.8, 4) is 17.5 Å². The number of cyclic esters (lactones) is 1. The summed E-state index contributed by atoms with van der Waals surface area (Å²) in [7, 11) is 1.72. The molecule has 1 amide bonds. The number of hydrogen-bond donors (Lipinski definition) is 2. The van der Waals surface area contributed by atoms with Crippen molar-refractivity contribution in [3.63, 3.8) is 0 Å². The van der Waals surface area contributed by atoms with Gasteiger partial charge in [0.1, 0.15) is 11.9 Å². The second-order valence-corrected chi connectivity index (χ2v) is 5.58. The highest BCUT2D eigenvalue weighted by Gasteiger charge is 2.32. The number of nitrogens with zero attached hydrogens (tertiary/aromatic N) is 5. The summed E-state index contributed by atoms with van der Waals surface area (Å²) in [6, 6.07) is 6.22. The molecule has 1 aliphatic rings. The number of benzene rings is 1. The van der Waals surface area contributed by atoms with Gasteiger partial charge in [-0.05, 0) is 24.3 Å². The number of halogens is 1. The zero-order valence-corrected chi connectivity index (χ0v) is 13.9. The van der Waals surface area contributed by atoms with E-state index in [4.69, 9.17) is 15.7 Å².